The third-order valence-corrected chi connectivity index (χ3v) is 4.96. The van der Waals surface area contributed by atoms with E-state index in [1.54, 1.807) is 13.8 Å². The molecular formula is C20H35N7O6. The molecule has 0 fully saturated rings. The Bertz CT molecular complexity index is 771. The summed E-state index contributed by atoms with van der Waals surface area (Å²) < 4.78 is 0. The number of amides is 3. The smallest absolute Gasteiger partial charge is 0.326 e. The summed E-state index contributed by atoms with van der Waals surface area (Å²) in [7, 11) is 0. The number of nitrogens with zero attached hydrogens (tertiary/aromatic N) is 1. The van der Waals surface area contributed by atoms with Gasteiger partial charge in [0.15, 0.2) is 0 Å². The van der Waals surface area contributed by atoms with E-state index < -0.39 is 60.4 Å². The van der Waals surface area contributed by atoms with E-state index in [-0.39, 0.29) is 6.42 Å². The Kier molecular flexibility index (Phi) is 12.0. The third kappa shape index (κ3) is 9.55. The van der Waals surface area contributed by atoms with E-state index in [2.05, 4.69) is 25.9 Å². The number of carboxylic acids is 1. The Morgan fingerprint density at radius 2 is 1.73 bits per heavy atom. The number of carbonyl (C=O) groups is 4. The fourth-order valence-corrected chi connectivity index (χ4v) is 2.98. The summed E-state index contributed by atoms with van der Waals surface area (Å²) in [5, 5.41) is 26.3. The maximum Gasteiger partial charge on any atom is 0.326 e. The highest BCUT2D eigenvalue weighted by Crippen LogP contribution is 2.06. The number of nitrogens with two attached hydrogens (primary N) is 2. The third-order valence-electron chi connectivity index (χ3n) is 4.96. The van der Waals surface area contributed by atoms with E-state index in [4.69, 9.17) is 11.5 Å². The molecule has 0 aliphatic carbocycles. The van der Waals surface area contributed by atoms with Gasteiger partial charge in [-0.25, -0.2) is 9.78 Å². The molecule has 3 amide bonds. The second-order valence-electron chi connectivity index (χ2n) is 8.05. The van der Waals surface area contributed by atoms with Gasteiger partial charge in [-0.15, -0.1) is 0 Å². The fraction of sp³-hybridized carbons (Fsp3) is 0.650. The molecule has 0 bridgehead atoms. The summed E-state index contributed by atoms with van der Waals surface area (Å²) in [6.45, 7) is 3.08. The van der Waals surface area contributed by atoms with Gasteiger partial charge < -0.3 is 42.6 Å². The number of carbonyl (C=O) groups excluding carboxylic acids is 3. The van der Waals surface area contributed by atoms with Crippen LogP contribution in [0, 0.1) is 5.92 Å². The van der Waals surface area contributed by atoms with Crippen LogP contribution in [0.2, 0.25) is 0 Å². The molecule has 0 spiro atoms. The number of H-pyrrole nitrogens is 1. The summed E-state index contributed by atoms with van der Waals surface area (Å²) in [6.07, 6.45) is 4.51. The molecule has 1 aromatic rings. The van der Waals surface area contributed by atoms with Gasteiger partial charge in [-0.1, -0.05) is 20.3 Å². The molecule has 33 heavy (non-hydrogen) atoms. The first kappa shape index (κ1) is 28.0. The van der Waals surface area contributed by atoms with Crippen molar-refractivity contribution in [2.24, 2.45) is 17.4 Å². The van der Waals surface area contributed by atoms with Gasteiger partial charge >= 0.3 is 5.97 Å². The zero-order valence-electron chi connectivity index (χ0n) is 18.9. The number of nitrogens with one attached hydrogen (secondary N) is 4. The van der Waals surface area contributed by atoms with Crippen LogP contribution >= 0.6 is 0 Å². The molecule has 1 heterocycles. The van der Waals surface area contributed by atoms with Gasteiger partial charge in [0.05, 0.1) is 19.0 Å². The zero-order valence-corrected chi connectivity index (χ0v) is 18.9. The predicted octanol–water partition coefficient (Wildman–Crippen LogP) is -2.40. The quantitative estimate of drug-likeness (QED) is 0.128. The van der Waals surface area contributed by atoms with E-state index in [0.717, 1.165) is 0 Å². The lowest BCUT2D eigenvalue weighted by molar-refractivity contribution is -0.142. The molecule has 4 atom stereocenters. The van der Waals surface area contributed by atoms with Gasteiger partial charge in [0.1, 0.15) is 18.1 Å². The minimum Gasteiger partial charge on any atom is -0.480 e. The van der Waals surface area contributed by atoms with Crippen LogP contribution in [0.15, 0.2) is 12.5 Å². The van der Waals surface area contributed by atoms with Crippen LogP contribution in [0.4, 0.5) is 0 Å². The lowest BCUT2D eigenvalue weighted by Gasteiger charge is -2.26. The van der Waals surface area contributed by atoms with Crippen molar-refractivity contribution >= 4 is 23.7 Å². The number of rotatable bonds is 15. The number of hydrogen-bond acceptors (Lipinski definition) is 8. The maximum atomic E-state index is 12.8. The maximum absolute atomic E-state index is 12.8. The van der Waals surface area contributed by atoms with Crippen molar-refractivity contribution in [1.82, 2.24) is 25.9 Å². The average Bonchev–Trinajstić information content (AvgIpc) is 3.27. The molecule has 0 saturated carbocycles. The highest BCUT2D eigenvalue weighted by atomic mass is 16.4. The highest BCUT2D eigenvalue weighted by Gasteiger charge is 2.31. The number of aromatic amines is 1. The van der Waals surface area contributed by atoms with Crippen molar-refractivity contribution in [2.45, 2.75) is 63.7 Å². The fourth-order valence-electron chi connectivity index (χ4n) is 2.98. The Morgan fingerprint density at radius 3 is 2.24 bits per heavy atom. The van der Waals surface area contributed by atoms with Crippen LogP contribution in [0.3, 0.4) is 0 Å². The Balaban J connectivity index is 2.77. The van der Waals surface area contributed by atoms with Crippen LogP contribution in [0.5, 0.6) is 0 Å². The minimum atomic E-state index is -1.33. The molecule has 1 aromatic heterocycles. The normalized spacial score (nSPS) is 14.7. The standard InChI is InChI=1S/C20H35N7O6/c1-11(2)16(19(31)25-14(20(32)33)7-12-8-23-10-24-12)27-18(30)15(9-28)26-17(29)13(22)5-3-4-6-21/h8,10-11,13-16,28H,3-7,9,21-22H2,1-2H3,(H,23,24)(H,25,31)(H,26,29)(H,27,30)(H,32,33). The van der Waals surface area contributed by atoms with Gasteiger partial charge in [0.25, 0.3) is 0 Å². The number of aliphatic carboxylic acids is 1. The second-order valence-corrected chi connectivity index (χ2v) is 8.05. The minimum absolute atomic E-state index is 0.0306. The molecule has 1 rings (SSSR count). The van der Waals surface area contributed by atoms with E-state index in [0.29, 0.717) is 31.5 Å². The van der Waals surface area contributed by atoms with Crippen molar-refractivity contribution in [3.8, 4) is 0 Å². The number of aromatic nitrogens is 2. The van der Waals surface area contributed by atoms with Gasteiger partial charge in [-0.2, -0.15) is 0 Å². The molecule has 13 nitrogen and oxygen atoms in total. The number of hydrogen-bond donors (Lipinski definition) is 8. The van der Waals surface area contributed by atoms with Gasteiger partial charge in [-0.3, -0.25) is 14.4 Å². The number of aliphatic hydroxyl groups is 1. The van der Waals surface area contributed by atoms with Crippen molar-refractivity contribution in [3.05, 3.63) is 18.2 Å². The topological polar surface area (TPSA) is 226 Å². The van der Waals surface area contributed by atoms with Crippen LogP contribution in [0.1, 0.15) is 38.8 Å². The van der Waals surface area contributed by atoms with Crippen molar-refractivity contribution in [1.29, 1.82) is 0 Å². The summed E-state index contributed by atoms with van der Waals surface area (Å²) in [5.41, 5.74) is 11.7. The second kappa shape index (κ2) is 14.2. The first-order valence-corrected chi connectivity index (χ1v) is 10.8. The average molecular weight is 470 g/mol. The van der Waals surface area contributed by atoms with Crippen molar-refractivity contribution in [3.63, 3.8) is 0 Å². The molecule has 4 unspecified atom stereocenters. The summed E-state index contributed by atoms with van der Waals surface area (Å²) in [4.78, 5) is 55.8. The lowest BCUT2D eigenvalue weighted by Crippen LogP contribution is -2.59. The molecule has 0 aliphatic heterocycles. The summed E-state index contributed by atoms with van der Waals surface area (Å²) in [5.74, 6) is -3.79. The van der Waals surface area contributed by atoms with Crippen LogP contribution in [0.25, 0.3) is 0 Å². The van der Waals surface area contributed by atoms with E-state index in [9.17, 15) is 29.4 Å². The SMILES string of the molecule is CC(C)C(NC(=O)C(CO)NC(=O)C(N)CCCCN)C(=O)NC(Cc1cnc[nH]1)C(=O)O. The van der Waals surface area contributed by atoms with E-state index in [1.165, 1.54) is 12.5 Å². The van der Waals surface area contributed by atoms with Gasteiger partial charge in [0.2, 0.25) is 17.7 Å². The highest BCUT2D eigenvalue weighted by molar-refractivity contribution is 5.94. The monoisotopic (exact) mass is 469 g/mol. The van der Waals surface area contributed by atoms with E-state index >= 15 is 0 Å². The van der Waals surface area contributed by atoms with Gasteiger partial charge in [-0.05, 0) is 25.3 Å². The number of unbranched alkanes of at least 4 members (excludes halogenated alkanes) is 1. The van der Waals surface area contributed by atoms with Crippen LogP contribution < -0.4 is 27.4 Å². The Labute approximate surface area is 192 Å². The summed E-state index contributed by atoms with van der Waals surface area (Å²) in [6, 6.07) is -4.56. The van der Waals surface area contributed by atoms with E-state index in [1.807, 2.05) is 0 Å². The number of carboxylic acid groups (broad SMARTS) is 1. The van der Waals surface area contributed by atoms with Gasteiger partial charge in [0, 0.05) is 18.3 Å². The van der Waals surface area contributed by atoms with Crippen molar-refractivity contribution in [2.75, 3.05) is 13.2 Å². The molecule has 0 aromatic carbocycles. The predicted molar refractivity (Wildman–Crippen MR) is 119 cm³/mol. The molecular weight excluding hydrogens is 434 g/mol. The number of aliphatic hydroxyl groups excluding tert-OH is 1. The molecule has 10 N–H and O–H groups in total. The zero-order chi connectivity index (χ0) is 25.0. The number of imidazole rings is 1. The summed E-state index contributed by atoms with van der Waals surface area (Å²) >= 11 is 0. The molecule has 186 valence electrons. The molecule has 0 radical (unpaired) electrons. The van der Waals surface area contributed by atoms with Crippen LogP contribution in [-0.2, 0) is 25.6 Å². The lowest BCUT2D eigenvalue weighted by atomic mass is 10.0. The molecule has 0 aliphatic rings. The molecule has 13 heteroatoms. The van der Waals surface area contributed by atoms with Crippen LogP contribution in [-0.4, -0.2) is 81.2 Å². The largest absolute Gasteiger partial charge is 0.480 e. The first-order valence-electron chi connectivity index (χ1n) is 10.8. The Morgan fingerprint density at radius 1 is 1.06 bits per heavy atom. The first-order chi connectivity index (χ1) is 15.6. The van der Waals surface area contributed by atoms with Crippen molar-refractivity contribution < 1.29 is 29.4 Å². The Hall–Kier alpha value is -3.03. The molecule has 0 saturated heterocycles.